The summed E-state index contributed by atoms with van der Waals surface area (Å²) in [5.74, 6) is -0.844. The van der Waals surface area contributed by atoms with Gasteiger partial charge in [-0.15, -0.1) is 0 Å². The molecule has 0 aromatic heterocycles. The molecule has 1 N–H and O–H groups in total. The summed E-state index contributed by atoms with van der Waals surface area (Å²) in [6.07, 6.45) is 1.14. The lowest BCUT2D eigenvalue weighted by Crippen LogP contribution is -2.49. The number of carbonyl (C=O) groups excluding carboxylic acids is 2. The van der Waals surface area contributed by atoms with E-state index in [9.17, 15) is 14.0 Å². The molecular formula is C26H27FN2O2. The number of hydrogen-bond acceptors (Lipinski definition) is 2. The predicted molar refractivity (Wildman–Crippen MR) is 120 cm³/mol. The van der Waals surface area contributed by atoms with E-state index in [1.165, 1.54) is 11.0 Å². The zero-order chi connectivity index (χ0) is 22.1. The van der Waals surface area contributed by atoms with Crippen LogP contribution in [0.5, 0.6) is 0 Å². The highest BCUT2D eigenvalue weighted by atomic mass is 19.1. The van der Waals surface area contributed by atoms with Crippen LogP contribution in [0.2, 0.25) is 0 Å². The summed E-state index contributed by atoms with van der Waals surface area (Å²) >= 11 is 0. The van der Waals surface area contributed by atoms with Crippen molar-refractivity contribution in [3.63, 3.8) is 0 Å². The zero-order valence-corrected chi connectivity index (χ0v) is 17.6. The Bertz CT molecular complexity index is 993. The molecular weight excluding hydrogens is 391 g/mol. The molecule has 0 heterocycles. The third kappa shape index (κ3) is 6.25. The average Bonchev–Trinajstić information content (AvgIpc) is 2.81. The number of benzene rings is 3. The summed E-state index contributed by atoms with van der Waals surface area (Å²) in [5.41, 5.74) is 2.37. The van der Waals surface area contributed by atoms with Gasteiger partial charge >= 0.3 is 0 Å². The van der Waals surface area contributed by atoms with Crippen LogP contribution in [0.4, 0.5) is 4.39 Å². The van der Waals surface area contributed by atoms with Gasteiger partial charge in [-0.3, -0.25) is 9.59 Å². The Morgan fingerprint density at radius 1 is 0.871 bits per heavy atom. The van der Waals surface area contributed by atoms with Crippen LogP contribution < -0.4 is 5.32 Å². The Labute approximate surface area is 182 Å². The third-order valence-corrected chi connectivity index (χ3v) is 5.29. The maximum absolute atomic E-state index is 14.4. The number of amides is 2. The van der Waals surface area contributed by atoms with E-state index in [-0.39, 0.29) is 24.8 Å². The molecule has 31 heavy (non-hydrogen) atoms. The van der Waals surface area contributed by atoms with E-state index in [0.717, 1.165) is 11.1 Å². The monoisotopic (exact) mass is 418 g/mol. The SMILES string of the molecule is CNC(=O)C(Cc1ccccc1)N(Cc1ccccc1F)C(=O)CCc1ccccc1. The van der Waals surface area contributed by atoms with Gasteiger partial charge in [0.2, 0.25) is 11.8 Å². The molecule has 0 saturated carbocycles. The Morgan fingerprint density at radius 3 is 2.06 bits per heavy atom. The summed E-state index contributed by atoms with van der Waals surface area (Å²) in [5, 5.41) is 2.67. The number of aryl methyl sites for hydroxylation is 1. The van der Waals surface area contributed by atoms with Gasteiger partial charge in [-0.25, -0.2) is 4.39 Å². The Kier molecular flexibility index (Phi) is 7.93. The smallest absolute Gasteiger partial charge is 0.242 e. The molecule has 0 aliphatic carbocycles. The summed E-state index contributed by atoms with van der Waals surface area (Å²) in [7, 11) is 1.55. The average molecular weight is 419 g/mol. The fourth-order valence-corrected chi connectivity index (χ4v) is 3.57. The van der Waals surface area contributed by atoms with Crippen LogP contribution in [0, 0.1) is 5.82 Å². The number of hydrogen-bond donors (Lipinski definition) is 1. The first kappa shape index (κ1) is 22.2. The van der Waals surface area contributed by atoms with E-state index in [1.807, 2.05) is 60.7 Å². The number of carbonyl (C=O) groups is 2. The summed E-state index contributed by atoms with van der Waals surface area (Å²) in [6, 6.07) is 24.9. The molecule has 0 spiro atoms. The molecule has 3 rings (SSSR count). The number of nitrogens with zero attached hydrogens (tertiary/aromatic N) is 1. The van der Waals surface area contributed by atoms with Crippen molar-refractivity contribution in [1.82, 2.24) is 10.2 Å². The van der Waals surface area contributed by atoms with E-state index in [4.69, 9.17) is 0 Å². The zero-order valence-electron chi connectivity index (χ0n) is 17.6. The largest absolute Gasteiger partial charge is 0.357 e. The van der Waals surface area contributed by atoms with Gasteiger partial charge in [0.15, 0.2) is 0 Å². The van der Waals surface area contributed by atoms with Gasteiger partial charge in [-0.1, -0.05) is 78.9 Å². The fourth-order valence-electron chi connectivity index (χ4n) is 3.57. The molecule has 0 bridgehead atoms. The predicted octanol–water partition coefficient (Wildman–Crippen LogP) is 4.14. The van der Waals surface area contributed by atoms with Crippen LogP contribution >= 0.6 is 0 Å². The Balaban J connectivity index is 1.88. The van der Waals surface area contributed by atoms with Gasteiger partial charge in [0, 0.05) is 32.0 Å². The molecule has 5 heteroatoms. The molecule has 0 saturated heterocycles. The van der Waals surface area contributed by atoms with Gasteiger partial charge in [0.05, 0.1) is 0 Å². The van der Waals surface area contributed by atoms with Crippen molar-refractivity contribution >= 4 is 11.8 Å². The number of halogens is 1. The van der Waals surface area contributed by atoms with E-state index in [1.54, 1.807) is 25.2 Å². The van der Waals surface area contributed by atoms with E-state index in [0.29, 0.717) is 18.4 Å². The second-order valence-corrected chi connectivity index (χ2v) is 7.42. The van der Waals surface area contributed by atoms with Crippen LogP contribution in [0.1, 0.15) is 23.1 Å². The van der Waals surface area contributed by atoms with Crippen molar-refractivity contribution in [2.75, 3.05) is 7.05 Å². The highest BCUT2D eigenvalue weighted by Gasteiger charge is 2.30. The quantitative estimate of drug-likeness (QED) is 0.568. The van der Waals surface area contributed by atoms with Crippen molar-refractivity contribution in [1.29, 1.82) is 0 Å². The minimum absolute atomic E-state index is 0.0330. The molecule has 1 unspecified atom stereocenters. The molecule has 0 aliphatic heterocycles. The van der Waals surface area contributed by atoms with E-state index >= 15 is 0 Å². The molecule has 3 aromatic rings. The maximum atomic E-state index is 14.4. The lowest BCUT2D eigenvalue weighted by atomic mass is 10.0. The van der Waals surface area contributed by atoms with E-state index in [2.05, 4.69) is 5.32 Å². The minimum atomic E-state index is -0.740. The van der Waals surface area contributed by atoms with Gasteiger partial charge < -0.3 is 10.2 Å². The molecule has 0 fully saturated rings. The van der Waals surface area contributed by atoms with Crippen molar-refractivity contribution in [2.45, 2.75) is 31.8 Å². The van der Waals surface area contributed by atoms with Crippen molar-refractivity contribution in [2.24, 2.45) is 0 Å². The second kappa shape index (κ2) is 11.1. The highest BCUT2D eigenvalue weighted by molar-refractivity contribution is 5.88. The van der Waals surface area contributed by atoms with Crippen LogP contribution in [0.3, 0.4) is 0 Å². The van der Waals surface area contributed by atoms with Gasteiger partial charge in [-0.2, -0.15) is 0 Å². The van der Waals surface area contributed by atoms with Crippen LogP contribution in [-0.4, -0.2) is 29.8 Å². The molecule has 0 aliphatic rings. The molecule has 1 atom stereocenters. The Morgan fingerprint density at radius 2 is 1.45 bits per heavy atom. The standard InChI is InChI=1S/C26H27FN2O2/c1-28-26(31)24(18-21-12-6-3-7-13-21)29(19-22-14-8-9-15-23(22)27)25(30)17-16-20-10-4-2-5-11-20/h2-15,24H,16-19H2,1H3,(H,28,31). The Hall–Kier alpha value is -3.47. The van der Waals surface area contributed by atoms with Crippen LogP contribution in [-0.2, 0) is 29.0 Å². The number of rotatable bonds is 9. The first-order valence-electron chi connectivity index (χ1n) is 10.4. The normalized spacial score (nSPS) is 11.5. The summed E-state index contributed by atoms with van der Waals surface area (Å²) < 4.78 is 14.4. The van der Waals surface area contributed by atoms with Crippen LogP contribution in [0.15, 0.2) is 84.9 Å². The first-order valence-corrected chi connectivity index (χ1v) is 10.4. The van der Waals surface area contributed by atoms with Crippen molar-refractivity contribution < 1.29 is 14.0 Å². The number of likely N-dealkylation sites (N-methyl/N-ethyl adjacent to an activating group) is 1. The fraction of sp³-hybridized carbons (Fsp3) is 0.231. The van der Waals surface area contributed by atoms with Gasteiger partial charge in [0.25, 0.3) is 0 Å². The molecule has 2 amide bonds. The molecule has 3 aromatic carbocycles. The van der Waals surface area contributed by atoms with Gasteiger partial charge in [0.1, 0.15) is 11.9 Å². The lowest BCUT2D eigenvalue weighted by Gasteiger charge is -2.31. The lowest BCUT2D eigenvalue weighted by molar-refractivity contribution is -0.141. The van der Waals surface area contributed by atoms with Crippen LogP contribution in [0.25, 0.3) is 0 Å². The maximum Gasteiger partial charge on any atom is 0.242 e. The summed E-state index contributed by atoms with van der Waals surface area (Å²) in [6.45, 7) is 0.0330. The molecule has 0 radical (unpaired) electrons. The molecule has 160 valence electrons. The summed E-state index contributed by atoms with van der Waals surface area (Å²) in [4.78, 5) is 27.6. The van der Waals surface area contributed by atoms with Crippen molar-refractivity contribution in [3.05, 3.63) is 107 Å². The highest BCUT2D eigenvalue weighted by Crippen LogP contribution is 2.18. The minimum Gasteiger partial charge on any atom is -0.357 e. The van der Waals surface area contributed by atoms with Crippen molar-refractivity contribution in [3.8, 4) is 0 Å². The second-order valence-electron chi connectivity index (χ2n) is 7.42. The first-order chi connectivity index (χ1) is 15.1. The topological polar surface area (TPSA) is 49.4 Å². The van der Waals surface area contributed by atoms with Gasteiger partial charge in [-0.05, 0) is 23.6 Å². The number of nitrogens with one attached hydrogen (secondary N) is 1. The van der Waals surface area contributed by atoms with E-state index < -0.39 is 11.9 Å². The molecule has 4 nitrogen and oxygen atoms in total. The third-order valence-electron chi connectivity index (χ3n) is 5.29.